The molecular formula is C15H21Br2N3O2. The molecule has 0 spiro atoms. The first-order valence-electron chi connectivity index (χ1n) is 7.38. The van der Waals surface area contributed by atoms with Gasteiger partial charge in [0, 0.05) is 34.3 Å². The minimum Gasteiger partial charge on any atom is -0.395 e. The Hall–Kier alpha value is -0.470. The Morgan fingerprint density at radius 1 is 1.09 bits per heavy atom. The Labute approximate surface area is 147 Å². The number of β-amino-alcohol motifs (C(OH)–C–C–N with tert-alkyl or cyclic N) is 1. The summed E-state index contributed by atoms with van der Waals surface area (Å²) in [5.41, 5.74) is 0.781. The van der Waals surface area contributed by atoms with E-state index in [1.807, 2.05) is 18.2 Å². The van der Waals surface area contributed by atoms with Crippen LogP contribution in [0.4, 0.5) is 5.69 Å². The third-order valence-electron chi connectivity index (χ3n) is 3.61. The zero-order valence-electron chi connectivity index (χ0n) is 12.4. The molecule has 1 fully saturated rings. The summed E-state index contributed by atoms with van der Waals surface area (Å²) >= 11 is 6.83. The predicted octanol–water partition coefficient (Wildman–Crippen LogP) is 2.15. The highest BCUT2D eigenvalue weighted by molar-refractivity contribution is 9.11. The highest BCUT2D eigenvalue weighted by Crippen LogP contribution is 2.23. The Kier molecular flexibility index (Phi) is 7.30. The molecule has 1 aromatic rings. The highest BCUT2D eigenvalue weighted by atomic mass is 79.9. The van der Waals surface area contributed by atoms with E-state index in [0.29, 0.717) is 13.1 Å². The number of nitrogens with zero attached hydrogens (tertiary/aromatic N) is 2. The number of amides is 1. The van der Waals surface area contributed by atoms with Crippen LogP contribution in [-0.4, -0.2) is 66.7 Å². The monoisotopic (exact) mass is 433 g/mol. The smallest absolute Gasteiger partial charge is 0.238 e. The molecule has 2 N–H and O–H groups in total. The van der Waals surface area contributed by atoms with Crippen molar-refractivity contribution in [1.29, 1.82) is 0 Å². The molecule has 1 amide bonds. The topological polar surface area (TPSA) is 55.8 Å². The second kappa shape index (κ2) is 8.98. The van der Waals surface area contributed by atoms with E-state index >= 15 is 0 Å². The van der Waals surface area contributed by atoms with Crippen LogP contribution in [-0.2, 0) is 4.79 Å². The number of hydrogen-bond acceptors (Lipinski definition) is 4. The van der Waals surface area contributed by atoms with Crippen molar-refractivity contribution in [3.05, 3.63) is 27.1 Å². The van der Waals surface area contributed by atoms with Gasteiger partial charge in [-0.3, -0.25) is 14.6 Å². The van der Waals surface area contributed by atoms with Crippen molar-refractivity contribution in [2.24, 2.45) is 0 Å². The van der Waals surface area contributed by atoms with Crippen LogP contribution in [0.15, 0.2) is 27.1 Å². The van der Waals surface area contributed by atoms with Gasteiger partial charge in [0.2, 0.25) is 5.91 Å². The number of aliphatic hydroxyl groups is 1. The fourth-order valence-electron chi connectivity index (χ4n) is 2.58. The summed E-state index contributed by atoms with van der Waals surface area (Å²) in [5, 5.41) is 11.9. The molecular weight excluding hydrogens is 414 g/mol. The zero-order chi connectivity index (χ0) is 15.9. The molecule has 22 heavy (non-hydrogen) atoms. The van der Waals surface area contributed by atoms with Gasteiger partial charge in [-0.15, -0.1) is 0 Å². The number of halogens is 2. The summed E-state index contributed by atoms with van der Waals surface area (Å²) in [6.07, 6.45) is 1.02. The van der Waals surface area contributed by atoms with Crippen molar-refractivity contribution in [1.82, 2.24) is 9.80 Å². The van der Waals surface area contributed by atoms with Crippen molar-refractivity contribution < 1.29 is 9.90 Å². The molecule has 1 aliphatic rings. The molecule has 1 heterocycles. The normalized spacial score (nSPS) is 17.2. The first kappa shape index (κ1) is 17.9. The number of carbonyl (C=O) groups excluding carboxylic acids is 1. The van der Waals surface area contributed by atoms with E-state index in [1.54, 1.807) is 0 Å². The first-order chi connectivity index (χ1) is 10.6. The molecule has 0 aliphatic carbocycles. The molecule has 0 saturated carbocycles. The third-order valence-corrected chi connectivity index (χ3v) is 4.53. The van der Waals surface area contributed by atoms with E-state index in [0.717, 1.165) is 47.2 Å². The Morgan fingerprint density at radius 2 is 1.73 bits per heavy atom. The number of carbonyl (C=O) groups is 1. The van der Waals surface area contributed by atoms with Gasteiger partial charge in [0.1, 0.15) is 0 Å². The van der Waals surface area contributed by atoms with E-state index < -0.39 is 0 Å². The van der Waals surface area contributed by atoms with Crippen molar-refractivity contribution in [3.8, 4) is 0 Å². The van der Waals surface area contributed by atoms with Gasteiger partial charge < -0.3 is 10.4 Å². The zero-order valence-corrected chi connectivity index (χ0v) is 15.6. The Balaban J connectivity index is 1.84. The maximum Gasteiger partial charge on any atom is 0.238 e. The molecule has 5 nitrogen and oxygen atoms in total. The second-order valence-corrected chi connectivity index (χ2v) is 7.23. The second-order valence-electron chi connectivity index (χ2n) is 5.40. The average molecular weight is 435 g/mol. The van der Waals surface area contributed by atoms with Gasteiger partial charge in [-0.05, 0) is 37.7 Å². The predicted molar refractivity (Wildman–Crippen MR) is 95.1 cm³/mol. The fraction of sp³-hybridized carbons (Fsp3) is 0.533. The van der Waals surface area contributed by atoms with Crippen LogP contribution in [0.5, 0.6) is 0 Å². The lowest BCUT2D eigenvalue weighted by Gasteiger charge is -2.20. The summed E-state index contributed by atoms with van der Waals surface area (Å²) < 4.78 is 1.85. The number of hydrogen-bond donors (Lipinski definition) is 2. The minimum atomic E-state index is 0.000563. The van der Waals surface area contributed by atoms with Gasteiger partial charge in [0.15, 0.2) is 0 Å². The lowest BCUT2D eigenvalue weighted by molar-refractivity contribution is -0.117. The molecule has 1 aliphatic heterocycles. The number of rotatable bonds is 5. The molecule has 122 valence electrons. The molecule has 0 unspecified atom stereocenters. The molecule has 0 radical (unpaired) electrons. The third kappa shape index (κ3) is 5.96. The standard InChI is InChI=1S/C15H21Br2N3O2/c16-12-8-13(17)10-14(9-12)18-15(22)11-20-3-1-2-19(4-5-20)6-7-21/h8-10,21H,1-7,11H2,(H,18,22). The SMILES string of the molecule is O=C(CN1CCCN(CCO)CC1)Nc1cc(Br)cc(Br)c1. The van der Waals surface area contributed by atoms with E-state index in [-0.39, 0.29) is 12.5 Å². The molecule has 0 bridgehead atoms. The summed E-state index contributed by atoms with van der Waals surface area (Å²) in [5.74, 6) is 0.000563. The minimum absolute atomic E-state index is 0.000563. The first-order valence-corrected chi connectivity index (χ1v) is 8.97. The van der Waals surface area contributed by atoms with Crippen molar-refractivity contribution >= 4 is 43.5 Å². The molecule has 1 saturated heterocycles. The Morgan fingerprint density at radius 3 is 2.41 bits per heavy atom. The van der Waals surface area contributed by atoms with Crippen LogP contribution >= 0.6 is 31.9 Å². The van der Waals surface area contributed by atoms with E-state index in [9.17, 15) is 4.79 Å². The number of anilines is 1. The van der Waals surface area contributed by atoms with Crippen LogP contribution in [0.1, 0.15) is 6.42 Å². The molecule has 0 atom stereocenters. The van der Waals surface area contributed by atoms with Crippen molar-refractivity contribution in [2.45, 2.75) is 6.42 Å². The van der Waals surface area contributed by atoms with Gasteiger partial charge in [0.05, 0.1) is 13.2 Å². The molecule has 0 aromatic heterocycles. The van der Waals surface area contributed by atoms with Crippen LogP contribution < -0.4 is 5.32 Å². The Bertz CT molecular complexity index is 493. The molecule has 7 heteroatoms. The van der Waals surface area contributed by atoms with Crippen LogP contribution in [0, 0.1) is 0 Å². The van der Waals surface area contributed by atoms with Gasteiger partial charge in [-0.2, -0.15) is 0 Å². The van der Waals surface area contributed by atoms with Crippen molar-refractivity contribution in [2.75, 3.05) is 51.2 Å². The average Bonchev–Trinajstić information content (AvgIpc) is 2.63. The van der Waals surface area contributed by atoms with Gasteiger partial charge >= 0.3 is 0 Å². The summed E-state index contributed by atoms with van der Waals surface area (Å²) in [4.78, 5) is 16.6. The largest absolute Gasteiger partial charge is 0.395 e. The van der Waals surface area contributed by atoms with Crippen molar-refractivity contribution in [3.63, 3.8) is 0 Å². The van der Waals surface area contributed by atoms with Crippen LogP contribution in [0.25, 0.3) is 0 Å². The fourth-order valence-corrected chi connectivity index (χ4v) is 3.87. The summed E-state index contributed by atoms with van der Waals surface area (Å²) in [6, 6.07) is 5.70. The van der Waals surface area contributed by atoms with Gasteiger partial charge in [0.25, 0.3) is 0 Å². The van der Waals surface area contributed by atoms with Gasteiger partial charge in [-0.1, -0.05) is 31.9 Å². The maximum absolute atomic E-state index is 12.2. The maximum atomic E-state index is 12.2. The van der Waals surface area contributed by atoms with Crippen LogP contribution in [0.2, 0.25) is 0 Å². The lowest BCUT2D eigenvalue weighted by atomic mass is 10.3. The van der Waals surface area contributed by atoms with E-state index in [4.69, 9.17) is 5.11 Å². The van der Waals surface area contributed by atoms with Gasteiger partial charge in [-0.25, -0.2) is 0 Å². The van der Waals surface area contributed by atoms with E-state index in [1.165, 1.54) is 0 Å². The summed E-state index contributed by atoms with van der Waals surface area (Å²) in [6.45, 7) is 4.96. The molecule has 1 aromatic carbocycles. The lowest BCUT2D eigenvalue weighted by Crippen LogP contribution is -2.36. The highest BCUT2D eigenvalue weighted by Gasteiger charge is 2.16. The number of nitrogens with one attached hydrogen (secondary N) is 1. The quantitative estimate of drug-likeness (QED) is 0.745. The number of benzene rings is 1. The molecule has 2 rings (SSSR count). The van der Waals surface area contributed by atoms with E-state index in [2.05, 4.69) is 47.0 Å². The number of aliphatic hydroxyl groups excluding tert-OH is 1. The summed E-state index contributed by atoms with van der Waals surface area (Å²) in [7, 11) is 0. The van der Waals surface area contributed by atoms with Crippen LogP contribution in [0.3, 0.4) is 0 Å².